The van der Waals surface area contributed by atoms with Crippen molar-refractivity contribution in [3.8, 4) is 5.69 Å². The number of aromatic nitrogens is 6. The molecule has 2 aromatic heterocycles. The molecule has 0 aliphatic rings. The summed E-state index contributed by atoms with van der Waals surface area (Å²) >= 11 is 1.54. The molecule has 1 amide bonds. The van der Waals surface area contributed by atoms with E-state index >= 15 is 0 Å². The lowest BCUT2D eigenvalue weighted by molar-refractivity contribution is 0.0949. The number of nitrogens with one attached hydrogen (secondary N) is 1. The normalized spacial score (nSPS) is 11.1. The number of hydrogen-bond acceptors (Lipinski definition) is 6. The number of tetrazole rings is 1. The number of carbonyl (C=O) groups excluding carboxylic acids is 1. The van der Waals surface area contributed by atoms with Crippen molar-refractivity contribution < 1.29 is 4.79 Å². The third-order valence-corrected chi connectivity index (χ3v) is 6.56. The van der Waals surface area contributed by atoms with E-state index in [1.54, 1.807) is 4.68 Å². The van der Waals surface area contributed by atoms with Crippen LogP contribution in [0.1, 0.15) is 22.0 Å². The molecule has 0 bridgehead atoms. The zero-order valence-electron chi connectivity index (χ0n) is 18.6. The third kappa shape index (κ3) is 4.55. The summed E-state index contributed by atoms with van der Waals surface area (Å²) in [6.45, 7) is 3.14. The van der Waals surface area contributed by atoms with Crippen molar-refractivity contribution in [2.24, 2.45) is 0 Å². The highest BCUT2D eigenvalue weighted by Crippen LogP contribution is 2.26. The Balaban J connectivity index is 1.25. The van der Waals surface area contributed by atoms with E-state index in [-0.39, 0.29) is 5.91 Å². The molecule has 0 spiro atoms. The van der Waals surface area contributed by atoms with Gasteiger partial charge in [0.25, 0.3) is 5.91 Å². The molecule has 5 aromatic rings. The van der Waals surface area contributed by atoms with Gasteiger partial charge in [-0.3, -0.25) is 4.79 Å². The molecule has 0 radical (unpaired) electrons. The number of benzene rings is 3. The fourth-order valence-corrected chi connectivity index (χ4v) is 4.80. The van der Waals surface area contributed by atoms with Gasteiger partial charge in [0, 0.05) is 18.0 Å². The van der Waals surface area contributed by atoms with Gasteiger partial charge in [-0.25, -0.2) is 4.98 Å². The van der Waals surface area contributed by atoms with E-state index in [9.17, 15) is 4.79 Å². The Morgan fingerprint density at radius 2 is 1.74 bits per heavy atom. The van der Waals surface area contributed by atoms with Crippen molar-refractivity contribution in [3.63, 3.8) is 0 Å². The number of rotatable bonds is 8. The number of carbonyl (C=O) groups is 1. The maximum Gasteiger partial charge on any atom is 0.252 e. The molecule has 2 heterocycles. The van der Waals surface area contributed by atoms with Crippen LogP contribution in [0.5, 0.6) is 0 Å². The van der Waals surface area contributed by atoms with Gasteiger partial charge < -0.3 is 9.88 Å². The monoisotopic (exact) mass is 469 g/mol. The SMILES string of the molecule is Cc1nc2ccccc2n1CCNC(=O)c1ccccc1SCc1nnnn1-c1ccccc1. The van der Waals surface area contributed by atoms with Crippen LogP contribution in [0.3, 0.4) is 0 Å². The van der Waals surface area contributed by atoms with Gasteiger partial charge in [0.15, 0.2) is 5.82 Å². The summed E-state index contributed by atoms with van der Waals surface area (Å²) in [5.74, 6) is 2.08. The molecule has 1 N–H and O–H groups in total. The standard InChI is InChI=1S/C25H23N7OS/c1-18-27-21-12-6-7-13-22(21)31(18)16-15-26-25(33)20-11-5-8-14-23(20)34-17-24-28-29-30-32(24)19-9-3-2-4-10-19/h2-14H,15-17H2,1H3,(H,26,33). The summed E-state index contributed by atoms with van der Waals surface area (Å²) < 4.78 is 3.84. The first-order valence-corrected chi connectivity index (χ1v) is 11.9. The summed E-state index contributed by atoms with van der Waals surface area (Å²) in [4.78, 5) is 18.5. The summed E-state index contributed by atoms with van der Waals surface area (Å²) in [6.07, 6.45) is 0. The molecule has 3 aromatic carbocycles. The van der Waals surface area contributed by atoms with Crippen molar-refractivity contribution in [1.29, 1.82) is 0 Å². The van der Waals surface area contributed by atoms with Gasteiger partial charge in [0.1, 0.15) is 5.82 Å². The van der Waals surface area contributed by atoms with Gasteiger partial charge in [-0.1, -0.05) is 42.5 Å². The predicted molar refractivity (Wildman–Crippen MR) is 132 cm³/mol. The summed E-state index contributed by atoms with van der Waals surface area (Å²) in [6, 6.07) is 25.4. The quantitative estimate of drug-likeness (QED) is 0.345. The van der Waals surface area contributed by atoms with Crippen LogP contribution >= 0.6 is 11.8 Å². The topological polar surface area (TPSA) is 90.5 Å². The second kappa shape index (κ2) is 9.88. The Kier molecular flexibility index (Phi) is 6.35. The Labute approximate surface area is 201 Å². The molecule has 9 heteroatoms. The highest BCUT2D eigenvalue weighted by atomic mass is 32.2. The van der Waals surface area contributed by atoms with Gasteiger partial charge in [-0.05, 0) is 53.7 Å². The fourth-order valence-electron chi connectivity index (χ4n) is 3.84. The lowest BCUT2D eigenvalue weighted by Gasteiger charge is -2.11. The number of para-hydroxylation sites is 3. The Morgan fingerprint density at radius 1 is 0.971 bits per heavy atom. The number of amides is 1. The molecule has 8 nitrogen and oxygen atoms in total. The van der Waals surface area contributed by atoms with E-state index in [1.165, 1.54) is 11.8 Å². The maximum atomic E-state index is 13.0. The van der Waals surface area contributed by atoms with Crippen LogP contribution < -0.4 is 5.32 Å². The molecular weight excluding hydrogens is 446 g/mol. The van der Waals surface area contributed by atoms with Crippen LogP contribution in [0.25, 0.3) is 16.7 Å². The molecule has 0 aliphatic heterocycles. The minimum atomic E-state index is -0.104. The molecule has 0 aliphatic carbocycles. The van der Waals surface area contributed by atoms with E-state index in [1.807, 2.05) is 85.8 Å². The molecule has 170 valence electrons. The van der Waals surface area contributed by atoms with E-state index < -0.39 is 0 Å². The maximum absolute atomic E-state index is 13.0. The first kappa shape index (κ1) is 21.8. The summed E-state index contributed by atoms with van der Waals surface area (Å²) in [7, 11) is 0. The van der Waals surface area contributed by atoms with Gasteiger partial charge >= 0.3 is 0 Å². The summed E-state index contributed by atoms with van der Waals surface area (Å²) in [5.41, 5.74) is 3.57. The van der Waals surface area contributed by atoms with Gasteiger partial charge in [0.2, 0.25) is 0 Å². The molecule has 34 heavy (non-hydrogen) atoms. The average molecular weight is 470 g/mol. The molecule has 0 saturated heterocycles. The minimum Gasteiger partial charge on any atom is -0.350 e. The second-order valence-electron chi connectivity index (χ2n) is 7.68. The molecule has 0 saturated carbocycles. The number of hydrogen-bond donors (Lipinski definition) is 1. The van der Waals surface area contributed by atoms with E-state index in [0.29, 0.717) is 30.2 Å². The average Bonchev–Trinajstić information content (AvgIpc) is 3.47. The number of thioether (sulfide) groups is 1. The predicted octanol–water partition coefficient (Wildman–Crippen LogP) is 4.04. The minimum absolute atomic E-state index is 0.104. The van der Waals surface area contributed by atoms with Crippen molar-refractivity contribution in [2.45, 2.75) is 24.1 Å². The van der Waals surface area contributed by atoms with Crippen LogP contribution in [0.2, 0.25) is 0 Å². The van der Waals surface area contributed by atoms with Crippen molar-refractivity contribution in [2.75, 3.05) is 6.54 Å². The van der Waals surface area contributed by atoms with E-state index in [2.05, 4.69) is 30.4 Å². The van der Waals surface area contributed by atoms with E-state index in [0.717, 1.165) is 27.4 Å². The Hall–Kier alpha value is -3.98. The zero-order valence-corrected chi connectivity index (χ0v) is 19.4. The van der Waals surface area contributed by atoms with Gasteiger partial charge in [-0.15, -0.1) is 16.9 Å². The number of fused-ring (bicyclic) bond motifs is 1. The molecule has 0 fully saturated rings. The largest absolute Gasteiger partial charge is 0.350 e. The van der Waals surface area contributed by atoms with Crippen molar-refractivity contribution >= 4 is 28.7 Å². The second-order valence-corrected chi connectivity index (χ2v) is 8.70. The smallest absolute Gasteiger partial charge is 0.252 e. The van der Waals surface area contributed by atoms with Crippen LogP contribution in [-0.2, 0) is 12.3 Å². The lowest BCUT2D eigenvalue weighted by Crippen LogP contribution is -2.27. The lowest BCUT2D eigenvalue weighted by atomic mass is 10.2. The van der Waals surface area contributed by atoms with E-state index in [4.69, 9.17) is 0 Å². The van der Waals surface area contributed by atoms with Gasteiger partial charge in [0.05, 0.1) is 28.0 Å². The van der Waals surface area contributed by atoms with Crippen LogP contribution in [0, 0.1) is 6.92 Å². The number of aryl methyl sites for hydroxylation is 1. The number of imidazole rings is 1. The van der Waals surface area contributed by atoms with Crippen LogP contribution in [-0.4, -0.2) is 42.2 Å². The molecule has 0 unspecified atom stereocenters. The molecular formula is C25H23N7OS. The molecule has 5 rings (SSSR count). The fraction of sp³-hybridized carbons (Fsp3) is 0.160. The van der Waals surface area contributed by atoms with Crippen LogP contribution in [0.4, 0.5) is 0 Å². The van der Waals surface area contributed by atoms with Crippen LogP contribution in [0.15, 0.2) is 83.8 Å². The third-order valence-electron chi connectivity index (χ3n) is 5.49. The Bertz CT molecular complexity index is 1430. The number of nitrogens with zero attached hydrogens (tertiary/aromatic N) is 6. The first-order chi connectivity index (χ1) is 16.7. The first-order valence-electron chi connectivity index (χ1n) is 11.0. The van der Waals surface area contributed by atoms with Gasteiger partial charge in [-0.2, -0.15) is 4.68 Å². The zero-order chi connectivity index (χ0) is 23.3. The Morgan fingerprint density at radius 3 is 2.62 bits per heavy atom. The summed E-state index contributed by atoms with van der Waals surface area (Å²) in [5, 5.41) is 15.1. The van der Waals surface area contributed by atoms with Crippen molar-refractivity contribution in [1.82, 2.24) is 35.1 Å². The van der Waals surface area contributed by atoms with Crippen molar-refractivity contribution in [3.05, 3.63) is 96.1 Å². The highest BCUT2D eigenvalue weighted by molar-refractivity contribution is 7.98. The molecule has 0 atom stereocenters. The highest BCUT2D eigenvalue weighted by Gasteiger charge is 2.14.